The van der Waals surface area contributed by atoms with Crippen LogP contribution in [0.1, 0.15) is 16.1 Å². The molecule has 0 saturated carbocycles. The van der Waals surface area contributed by atoms with Crippen LogP contribution in [0.15, 0.2) is 30.5 Å². The molecule has 1 aromatic heterocycles. The van der Waals surface area contributed by atoms with Gasteiger partial charge in [-0.25, -0.2) is 19.2 Å². The van der Waals surface area contributed by atoms with Crippen LogP contribution in [-0.2, 0) is 10.9 Å². The predicted octanol–water partition coefficient (Wildman–Crippen LogP) is 3.09. The van der Waals surface area contributed by atoms with Crippen LogP contribution in [0.5, 0.6) is 0 Å². The van der Waals surface area contributed by atoms with E-state index >= 15 is 0 Å². The van der Waals surface area contributed by atoms with Crippen molar-refractivity contribution in [3.63, 3.8) is 0 Å². The van der Waals surface area contributed by atoms with Crippen molar-refractivity contribution in [1.82, 2.24) is 9.97 Å². The highest BCUT2D eigenvalue weighted by Gasteiger charge is 2.35. The van der Waals surface area contributed by atoms with E-state index in [0.717, 1.165) is 25.4 Å². The molecule has 0 radical (unpaired) electrons. The molecule has 0 N–H and O–H groups in total. The van der Waals surface area contributed by atoms with Gasteiger partial charge in [-0.3, -0.25) is 0 Å². The van der Waals surface area contributed by atoms with Crippen molar-refractivity contribution in [2.45, 2.75) is 6.18 Å². The lowest BCUT2D eigenvalue weighted by molar-refractivity contribution is -0.139. The first-order valence-electron chi connectivity index (χ1n) is 5.62. The molecule has 4 nitrogen and oxygen atoms in total. The molecular weight excluding hydrogens is 292 g/mol. The van der Waals surface area contributed by atoms with Crippen molar-refractivity contribution < 1.29 is 27.1 Å². The number of rotatable bonds is 2. The number of esters is 1. The average molecular weight is 300 g/mol. The van der Waals surface area contributed by atoms with Crippen LogP contribution in [0.2, 0.25) is 0 Å². The monoisotopic (exact) mass is 300 g/mol. The van der Waals surface area contributed by atoms with Crippen LogP contribution in [0.25, 0.3) is 11.4 Å². The number of carbonyl (C=O) groups excluding carboxylic acids is 1. The minimum atomic E-state index is -4.83. The fourth-order valence-corrected chi connectivity index (χ4v) is 1.63. The molecule has 0 fully saturated rings. The number of aromatic nitrogens is 2. The molecule has 2 rings (SSSR count). The highest BCUT2D eigenvalue weighted by Crippen LogP contribution is 2.34. The molecule has 8 heteroatoms. The molecule has 110 valence electrons. The van der Waals surface area contributed by atoms with Crippen molar-refractivity contribution in [2.24, 2.45) is 0 Å². The van der Waals surface area contributed by atoms with Crippen LogP contribution >= 0.6 is 0 Å². The molecule has 0 atom stereocenters. The summed E-state index contributed by atoms with van der Waals surface area (Å²) in [5.41, 5.74) is -2.05. The summed E-state index contributed by atoms with van der Waals surface area (Å²) >= 11 is 0. The lowest BCUT2D eigenvalue weighted by Gasteiger charge is -2.10. The molecule has 1 heterocycles. The SMILES string of the molecule is COC(=O)c1ccnc(-c2cccc(C(F)(F)F)c2F)n1. The topological polar surface area (TPSA) is 52.1 Å². The van der Waals surface area contributed by atoms with Crippen molar-refractivity contribution in [3.8, 4) is 11.4 Å². The smallest absolute Gasteiger partial charge is 0.419 e. The maximum absolute atomic E-state index is 14.0. The van der Waals surface area contributed by atoms with Gasteiger partial charge in [0.05, 0.1) is 18.2 Å². The molecule has 21 heavy (non-hydrogen) atoms. The number of benzene rings is 1. The molecule has 0 bridgehead atoms. The highest BCUT2D eigenvalue weighted by molar-refractivity contribution is 5.87. The van der Waals surface area contributed by atoms with Crippen LogP contribution in [0, 0.1) is 5.82 Å². The van der Waals surface area contributed by atoms with Crippen LogP contribution < -0.4 is 0 Å². The third-order valence-electron chi connectivity index (χ3n) is 2.60. The van der Waals surface area contributed by atoms with E-state index in [4.69, 9.17) is 0 Å². The van der Waals surface area contributed by atoms with Gasteiger partial charge in [-0.1, -0.05) is 6.07 Å². The second-order valence-electron chi connectivity index (χ2n) is 3.92. The number of methoxy groups -OCH3 is 1. The summed E-state index contributed by atoms with van der Waals surface area (Å²) in [5, 5.41) is 0. The zero-order chi connectivity index (χ0) is 15.6. The Labute approximate surface area is 116 Å². The van der Waals surface area contributed by atoms with E-state index in [0.29, 0.717) is 6.07 Å². The van der Waals surface area contributed by atoms with Gasteiger partial charge in [0.1, 0.15) is 5.82 Å². The van der Waals surface area contributed by atoms with E-state index in [1.165, 1.54) is 6.07 Å². The molecule has 0 unspecified atom stereocenters. The van der Waals surface area contributed by atoms with E-state index in [1.807, 2.05) is 0 Å². The zero-order valence-electron chi connectivity index (χ0n) is 10.6. The summed E-state index contributed by atoms with van der Waals surface area (Å²) in [4.78, 5) is 18.7. The fourth-order valence-electron chi connectivity index (χ4n) is 1.63. The third-order valence-corrected chi connectivity index (χ3v) is 2.60. The minimum absolute atomic E-state index is 0.181. The van der Waals surface area contributed by atoms with Gasteiger partial charge in [0.15, 0.2) is 11.5 Å². The van der Waals surface area contributed by atoms with Gasteiger partial charge >= 0.3 is 12.1 Å². The molecule has 0 spiro atoms. The first kappa shape index (κ1) is 14.9. The lowest BCUT2D eigenvalue weighted by Crippen LogP contribution is -2.10. The number of hydrogen-bond donors (Lipinski definition) is 0. The molecule has 0 aliphatic carbocycles. The standard InChI is InChI=1S/C13H8F4N2O2/c1-21-12(20)9-5-6-18-11(19-9)7-3-2-4-8(10(7)14)13(15,16)17/h2-6H,1H3. The molecule has 1 aromatic carbocycles. The van der Waals surface area contributed by atoms with E-state index in [9.17, 15) is 22.4 Å². The van der Waals surface area contributed by atoms with E-state index in [2.05, 4.69) is 14.7 Å². The third kappa shape index (κ3) is 2.99. The average Bonchev–Trinajstić information content (AvgIpc) is 2.45. The van der Waals surface area contributed by atoms with E-state index in [-0.39, 0.29) is 11.5 Å². The Bertz CT molecular complexity index is 686. The molecule has 0 aliphatic heterocycles. The summed E-state index contributed by atoms with van der Waals surface area (Å²) in [6.45, 7) is 0. The first-order chi connectivity index (χ1) is 9.84. The summed E-state index contributed by atoms with van der Waals surface area (Å²) in [6, 6.07) is 3.96. The van der Waals surface area contributed by atoms with Gasteiger partial charge in [-0.15, -0.1) is 0 Å². The quantitative estimate of drug-likeness (QED) is 0.632. The van der Waals surface area contributed by atoms with Crippen LogP contribution in [-0.4, -0.2) is 23.0 Å². The number of alkyl halides is 3. The fraction of sp³-hybridized carbons (Fsp3) is 0.154. The van der Waals surface area contributed by atoms with Gasteiger partial charge < -0.3 is 4.74 Å². The number of halogens is 4. The largest absolute Gasteiger partial charge is 0.464 e. The number of carbonyl (C=O) groups is 1. The maximum atomic E-state index is 14.0. The second kappa shape index (κ2) is 5.47. The molecule has 0 saturated heterocycles. The summed E-state index contributed by atoms with van der Waals surface area (Å²) in [5.74, 6) is -2.63. The molecule has 2 aromatic rings. The van der Waals surface area contributed by atoms with E-state index < -0.39 is 29.1 Å². The summed E-state index contributed by atoms with van der Waals surface area (Å²) < 4.78 is 56.3. The first-order valence-corrected chi connectivity index (χ1v) is 5.62. The Kier molecular flexibility index (Phi) is 3.88. The lowest BCUT2D eigenvalue weighted by atomic mass is 10.1. The Morgan fingerprint density at radius 2 is 1.95 bits per heavy atom. The predicted molar refractivity (Wildman–Crippen MR) is 63.8 cm³/mol. The summed E-state index contributed by atoms with van der Waals surface area (Å²) in [6.07, 6.45) is -3.70. The number of ether oxygens (including phenoxy) is 1. The molecule has 0 aliphatic rings. The molecular formula is C13H8F4N2O2. The van der Waals surface area contributed by atoms with Crippen molar-refractivity contribution in [3.05, 3.63) is 47.5 Å². The Balaban J connectivity index is 2.55. The van der Waals surface area contributed by atoms with Crippen molar-refractivity contribution in [1.29, 1.82) is 0 Å². The minimum Gasteiger partial charge on any atom is -0.464 e. The van der Waals surface area contributed by atoms with Crippen molar-refractivity contribution in [2.75, 3.05) is 7.11 Å². The van der Waals surface area contributed by atoms with Crippen LogP contribution in [0.3, 0.4) is 0 Å². The second-order valence-corrected chi connectivity index (χ2v) is 3.92. The van der Waals surface area contributed by atoms with Crippen LogP contribution in [0.4, 0.5) is 17.6 Å². The Morgan fingerprint density at radius 1 is 1.24 bits per heavy atom. The van der Waals surface area contributed by atoms with E-state index in [1.54, 1.807) is 0 Å². The maximum Gasteiger partial charge on any atom is 0.419 e. The van der Waals surface area contributed by atoms with Gasteiger partial charge in [0.2, 0.25) is 0 Å². The van der Waals surface area contributed by atoms with Gasteiger partial charge in [-0.2, -0.15) is 13.2 Å². The van der Waals surface area contributed by atoms with Gasteiger partial charge in [-0.05, 0) is 18.2 Å². The Morgan fingerprint density at radius 3 is 2.57 bits per heavy atom. The number of nitrogens with zero attached hydrogens (tertiary/aromatic N) is 2. The molecule has 0 amide bonds. The Hall–Kier alpha value is -2.51. The van der Waals surface area contributed by atoms with Gasteiger partial charge in [0, 0.05) is 6.20 Å². The number of hydrogen-bond acceptors (Lipinski definition) is 4. The highest BCUT2D eigenvalue weighted by atomic mass is 19.4. The van der Waals surface area contributed by atoms with Gasteiger partial charge in [0.25, 0.3) is 0 Å². The normalized spacial score (nSPS) is 11.3. The summed E-state index contributed by atoms with van der Waals surface area (Å²) in [7, 11) is 1.12. The zero-order valence-corrected chi connectivity index (χ0v) is 10.6. The van der Waals surface area contributed by atoms with Crippen molar-refractivity contribution >= 4 is 5.97 Å².